The molecule has 29 heavy (non-hydrogen) atoms. The molecule has 0 fully saturated rings. The highest BCUT2D eigenvalue weighted by Crippen LogP contribution is 2.18. The van der Waals surface area contributed by atoms with E-state index in [2.05, 4.69) is 16.0 Å². The lowest BCUT2D eigenvalue weighted by Crippen LogP contribution is -2.41. The number of carbonyl (C=O) groups excluding carboxylic acids is 2. The van der Waals surface area contributed by atoms with Crippen molar-refractivity contribution >= 4 is 22.0 Å². The van der Waals surface area contributed by atoms with Gasteiger partial charge in [0.1, 0.15) is 6.61 Å². The first kappa shape index (κ1) is 22.2. The van der Waals surface area contributed by atoms with E-state index in [-0.39, 0.29) is 23.8 Å². The smallest absolute Gasteiger partial charge is 0.408 e. The Bertz CT molecular complexity index is 915. The van der Waals surface area contributed by atoms with Crippen LogP contribution < -0.4 is 16.0 Å². The molecule has 0 aliphatic rings. The first-order valence-corrected chi connectivity index (χ1v) is 10.8. The fourth-order valence-corrected chi connectivity index (χ4v) is 3.40. The van der Waals surface area contributed by atoms with Crippen molar-refractivity contribution in [1.29, 1.82) is 0 Å². The number of rotatable bonds is 8. The van der Waals surface area contributed by atoms with Crippen LogP contribution in [0.15, 0.2) is 59.5 Å². The third kappa shape index (κ3) is 6.79. The lowest BCUT2D eigenvalue weighted by Gasteiger charge is -2.20. The Hall–Kier alpha value is -3.07. The van der Waals surface area contributed by atoms with Gasteiger partial charge in [-0.2, -0.15) is 0 Å². The first-order valence-electron chi connectivity index (χ1n) is 9.11. The standard InChI is InChI=1S/C20H25N3O5S/c1-3-29(26,27)17-11-9-16(10-12-17)18(13-22-19(24)21-2)23-20(25)28-14-15-7-5-4-6-8-15/h4-12,18H,3,13-14H2,1-2H3,(H,23,25)(H2,21,22,24)/t18-/m0/s1. The highest BCUT2D eigenvalue weighted by molar-refractivity contribution is 7.91. The second kappa shape index (κ2) is 10.5. The van der Waals surface area contributed by atoms with Crippen LogP contribution >= 0.6 is 0 Å². The molecule has 0 heterocycles. The molecule has 2 aromatic rings. The van der Waals surface area contributed by atoms with Gasteiger partial charge in [0.05, 0.1) is 16.7 Å². The molecule has 0 aliphatic heterocycles. The molecule has 2 aromatic carbocycles. The predicted molar refractivity (Wildman–Crippen MR) is 109 cm³/mol. The largest absolute Gasteiger partial charge is 0.445 e. The molecule has 0 aliphatic carbocycles. The number of hydrogen-bond donors (Lipinski definition) is 3. The molecule has 0 saturated carbocycles. The van der Waals surface area contributed by atoms with E-state index in [1.807, 2.05) is 30.3 Å². The topological polar surface area (TPSA) is 114 Å². The fraction of sp³-hybridized carbons (Fsp3) is 0.300. The van der Waals surface area contributed by atoms with Gasteiger partial charge in [-0.1, -0.05) is 49.4 Å². The van der Waals surface area contributed by atoms with Crippen LogP contribution in [0.2, 0.25) is 0 Å². The molecule has 1 atom stereocenters. The van der Waals surface area contributed by atoms with E-state index in [0.717, 1.165) is 5.56 Å². The third-order valence-electron chi connectivity index (χ3n) is 4.22. The Balaban J connectivity index is 2.09. The summed E-state index contributed by atoms with van der Waals surface area (Å²) in [4.78, 5) is 24.0. The quantitative estimate of drug-likeness (QED) is 0.608. The summed E-state index contributed by atoms with van der Waals surface area (Å²) in [6.07, 6.45) is -0.650. The maximum atomic E-state index is 12.2. The van der Waals surface area contributed by atoms with Crippen molar-refractivity contribution in [1.82, 2.24) is 16.0 Å². The molecule has 0 aromatic heterocycles. The number of nitrogens with one attached hydrogen (secondary N) is 3. The summed E-state index contributed by atoms with van der Waals surface area (Å²) < 4.78 is 29.2. The van der Waals surface area contributed by atoms with Crippen molar-refractivity contribution in [3.63, 3.8) is 0 Å². The van der Waals surface area contributed by atoms with Crippen LogP contribution in [0.25, 0.3) is 0 Å². The van der Waals surface area contributed by atoms with Crippen molar-refractivity contribution in [3.05, 3.63) is 65.7 Å². The summed E-state index contributed by atoms with van der Waals surface area (Å²) in [5.41, 5.74) is 1.48. The zero-order valence-electron chi connectivity index (χ0n) is 16.3. The molecule has 0 unspecified atom stereocenters. The zero-order valence-corrected chi connectivity index (χ0v) is 17.2. The molecular formula is C20H25N3O5S. The van der Waals surface area contributed by atoms with Gasteiger partial charge in [-0.25, -0.2) is 18.0 Å². The highest BCUT2D eigenvalue weighted by atomic mass is 32.2. The maximum absolute atomic E-state index is 12.2. The number of urea groups is 1. The van der Waals surface area contributed by atoms with E-state index < -0.39 is 28.0 Å². The van der Waals surface area contributed by atoms with Crippen LogP contribution in [0, 0.1) is 0 Å². The predicted octanol–water partition coefficient (Wildman–Crippen LogP) is 2.38. The summed E-state index contributed by atoms with van der Waals surface area (Å²) >= 11 is 0. The van der Waals surface area contributed by atoms with Crippen LogP contribution in [0.4, 0.5) is 9.59 Å². The van der Waals surface area contributed by atoms with Crippen LogP contribution in [-0.2, 0) is 21.2 Å². The average Bonchev–Trinajstić information content (AvgIpc) is 2.75. The molecule has 0 bridgehead atoms. The summed E-state index contributed by atoms with van der Waals surface area (Å²) in [5.74, 6) is -0.00192. The average molecular weight is 420 g/mol. The molecule has 3 N–H and O–H groups in total. The second-order valence-electron chi connectivity index (χ2n) is 6.19. The van der Waals surface area contributed by atoms with Gasteiger partial charge in [0.15, 0.2) is 9.84 Å². The fourth-order valence-electron chi connectivity index (χ4n) is 2.52. The molecular weight excluding hydrogens is 394 g/mol. The second-order valence-corrected chi connectivity index (χ2v) is 8.47. The van der Waals surface area contributed by atoms with Crippen molar-refractivity contribution in [2.45, 2.75) is 24.5 Å². The van der Waals surface area contributed by atoms with E-state index in [1.165, 1.54) is 19.2 Å². The Labute approximate surface area is 170 Å². The monoisotopic (exact) mass is 419 g/mol. The van der Waals surface area contributed by atoms with Crippen molar-refractivity contribution in [2.24, 2.45) is 0 Å². The molecule has 8 nitrogen and oxygen atoms in total. The summed E-state index contributed by atoms with van der Waals surface area (Å²) in [6.45, 7) is 1.78. The molecule has 0 spiro atoms. The molecule has 9 heteroatoms. The number of hydrogen-bond acceptors (Lipinski definition) is 5. The lowest BCUT2D eigenvalue weighted by atomic mass is 10.1. The van der Waals surface area contributed by atoms with E-state index in [0.29, 0.717) is 5.56 Å². The number of ether oxygens (including phenoxy) is 1. The van der Waals surface area contributed by atoms with Crippen molar-refractivity contribution < 1.29 is 22.7 Å². The van der Waals surface area contributed by atoms with E-state index >= 15 is 0 Å². The summed E-state index contributed by atoms with van der Waals surface area (Å²) in [7, 11) is -1.84. The van der Waals surface area contributed by atoms with E-state index in [1.54, 1.807) is 19.1 Å². The molecule has 0 radical (unpaired) electrons. The number of carbonyl (C=O) groups is 2. The molecule has 2 rings (SSSR count). The molecule has 0 saturated heterocycles. The van der Waals surface area contributed by atoms with Gasteiger partial charge in [-0.3, -0.25) is 0 Å². The lowest BCUT2D eigenvalue weighted by molar-refractivity contribution is 0.135. The number of alkyl carbamates (subject to hydrolysis) is 1. The van der Waals surface area contributed by atoms with Gasteiger partial charge in [0.2, 0.25) is 0 Å². The SMILES string of the molecule is CCS(=O)(=O)c1ccc([C@H](CNC(=O)NC)NC(=O)OCc2ccccc2)cc1. The van der Waals surface area contributed by atoms with Gasteiger partial charge >= 0.3 is 12.1 Å². The Morgan fingerprint density at radius 3 is 2.28 bits per heavy atom. The van der Waals surface area contributed by atoms with Crippen LogP contribution in [0.3, 0.4) is 0 Å². The third-order valence-corrected chi connectivity index (χ3v) is 5.97. The van der Waals surface area contributed by atoms with Gasteiger partial charge in [-0.15, -0.1) is 0 Å². The Morgan fingerprint density at radius 1 is 1.03 bits per heavy atom. The molecule has 156 valence electrons. The number of benzene rings is 2. The van der Waals surface area contributed by atoms with E-state index in [9.17, 15) is 18.0 Å². The highest BCUT2D eigenvalue weighted by Gasteiger charge is 2.18. The maximum Gasteiger partial charge on any atom is 0.408 e. The van der Waals surface area contributed by atoms with Crippen LogP contribution in [-0.4, -0.2) is 39.9 Å². The first-order chi connectivity index (χ1) is 13.9. The normalized spacial score (nSPS) is 11.9. The minimum atomic E-state index is -3.32. The number of sulfone groups is 1. The Kier molecular flexibility index (Phi) is 8.02. The minimum absolute atomic E-state index is 0.00192. The number of amides is 3. The van der Waals surface area contributed by atoms with Crippen molar-refractivity contribution in [2.75, 3.05) is 19.3 Å². The van der Waals surface area contributed by atoms with Gasteiger partial charge in [0.25, 0.3) is 0 Å². The molecule has 3 amide bonds. The van der Waals surface area contributed by atoms with Gasteiger partial charge in [0, 0.05) is 13.6 Å². The van der Waals surface area contributed by atoms with E-state index in [4.69, 9.17) is 4.74 Å². The van der Waals surface area contributed by atoms with Gasteiger partial charge < -0.3 is 20.7 Å². The van der Waals surface area contributed by atoms with Crippen LogP contribution in [0.5, 0.6) is 0 Å². The minimum Gasteiger partial charge on any atom is -0.445 e. The Morgan fingerprint density at radius 2 is 1.69 bits per heavy atom. The summed E-state index contributed by atoms with van der Waals surface area (Å²) in [5, 5.41) is 7.76. The summed E-state index contributed by atoms with van der Waals surface area (Å²) in [6, 6.07) is 14.4. The van der Waals surface area contributed by atoms with Crippen LogP contribution in [0.1, 0.15) is 24.1 Å². The van der Waals surface area contributed by atoms with Crippen molar-refractivity contribution in [3.8, 4) is 0 Å². The van der Waals surface area contributed by atoms with Gasteiger partial charge in [-0.05, 0) is 23.3 Å². The zero-order chi connectivity index (χ0) is 21.3.